The fourth-order valence-corrected chi connectivity index (χ4v) is 2.35. The summed E-state index contributed by atoms with van der Waals surface area (Å²) >= 11 is 1.72. The number of hydrogen-bond donors (Lipinski definition) is 2. The zero-order valence-corrected chi connectivity index (χ0v) is 13.3. The molecule has 2 N–H and O–H groups in total. The number of aromatic hydroxyl groups is 1. The Bertz CT molecular complexity index is 594. The number of fused-ring (bicyclic) bond motifs is 1. The Morgan fingerprint density at radius 3 is 2.95 bits per heavy atom. The number of thioether (sulfide) groups is 1. The summed E-state index contributed by atoms with van der Waals surface area (Å²) < 4.78 is 5.35. The van der Waals surface area contributed by atoms with Crippen LogP contribution in [0.4, 0.5) is 0 Å². The van der Waals surface area contributed by atoms with Crippen molar-refractivity contribution in [3.63, 3.8) is 0 Å². The summed E-state index contributed by atoms with van der Waals surface area (Å²) in [6.45, 7) is 6.02. The van der Waals surface area contributed by atoms with Gasteiger partial charge < -0.3 is 14.9 Å². The van der Waals surface area contributed by atoms with Gasteiger partial charge in [0.15, 0.2) is 0 Å². The Kier molecular flexibility index (Phi) is 8.66. The molecular weight excluding hydrogens is 296 g/mol. The van der Waals surface area contributed by atoms with Gasteiger partial charge in [-0.2, -0.15) is 0 Å². The minimum absolute atomic E-state index is 0.307. The summed E-state index contributed by atoms with van der Waals surface area (Å²) in [5, 5.41) is 17.9. The van der Waals surface area contributed by atoms with Crippen molar-refractivity contribution in [1.29, 1.82) is 0 Å². The second-order valence-electron chi connectivity index (χ2n) is 4.21. The number of aliphatic hydroxyl groups is 1. The summed E-state index contributed by atoms with van der Waals surface area (Å²) in [6.07, 6.45) is 8.06. The number of allylic oxidation sites excluding steroid dienone is 4. The lowest BCUT2D eigenvalue weighted by Gasteiger charge is -2.15. The first kappa shape index (κ1) is 18.0. The monoisotopic (exact) mass is 316 g/mol. The van der Waals surface area contributed by atoms with Gasteiger partial charge in [0, 0.05) is 5.75 Å². The van der Waals surface area contributed by atoms with Gasteiger partial charge in [0.25, 0.3) is 0 Å². The van der Waals surface area contributed by atoms with Gasteiger partial charge in [-0.05, 0) is 37.3 Å². The molecular formula is C18H20O3S. The summed E-state index contributed by atoms with van der Waals surface area (Å²) in [5.41, 5.74) is 0. The van der Waals surface area contributed by atoms with Crippen molar-refractivity contribution in [3.8, 4) is 23.3 Å². The number of phenols is 1. The van der Waals surface area contributed by atoms with Gasteiger partial charge in [0.2, 0.25) is 0 Å². The van der Waals surface area contributed by atoms with Crippen LogP contribution in [0.3, 0.4) is 0 Å². The normalized spacial score (nSPS) is 16.9. The third kappa shape index (κ3) is 7.07. The molecule has 2 aliphatic rings. The summed E-state index contributed by atoms with van der Waals surface area (Å²) in [5.74, 6) is 7.39. The Labute approximate surface area is 136 Å². The Balaban J connectivity index is 0.000000194. The van der Waals surface area contributed by atoms with E-state index < -0.39 is 6.10 Å². The summed E-state index contributed by atoms with van der Waals surface area (Å²) in [4.78, 5) is 1.04. The fraction of sp³-hybridized carbons (Fsp3) is 0.222. The number of hydrogen-bond acceptors (Lipinski definition) is 4. The second-order valence-corrected chi connectivity index (χ2v) is 5.35. The molecule has 1 aromatic carbocycles. The zero-order valence-electron chi connectivity index (χ0n) is 12.5. The summed E-state index contributed by atoms with van der Waals surface area (Å²) in [7, 11) is 0. The predicted molar refractivity (Wildman–Crippen MR) is 92.3 cm³/mol. The molecule has 0 fully saturated rings. The average Bonchev–Trinajstić information content (AvgIpc) is 2.76. The van der Waals surface area contributed by atoms with E-state index in [1.165, 1.54) is 0 Å². The van der Waals surface area contributed by atoms with Gasteiger partial charge in [0.05, 0.1) is 11.5 Å². The molecule has 0 spiro atoms. The van der Waals surface area contributed by atoms with Gasteiger partial charge >= 0.3 is 0 Å². The van der Waals surface area contributed by atoms with Crippen LogP contribution in [0, 0.1) is 11.8 Å². The third-order valence-electron chi connectivity index (χ3n) is 2.34. The van der Waals surface area contributed by atoms with Gasteiger partial charge in [-0.15, -0.1) is 18.3 Å². The number of phenolic OH excluding ortho intramolecular Hbond substituents is 1. The van der Waals surface area contributed by atoms with E-state index in [-0.39, 0.29) is 0 Å². The van der Waals surface area contributed by atoms with Gasteiger partial charge in [-0.1, -0.05) is 30.1 Å². The van der Waals surface area contributed by atoms with Crippen molar-refractivity contribution in [2.45, 2.75) is 17.9 Å². The van der Waals surface area contributed by atoms with Crippen molar-refractivity contribution in [2.75, 3.05) is 12.4 Å². The number of benzene rings is 1. The van der Waals surface area contributed by atoms with Crippen LogP contribution in [0.5, 0.6) is 11.5 Å². The van der Waals surface area contributed by atoms with Crippen LogP contribution >= 0.6 is 11.8 Å². The highest BCUT2D eigenvalue weighted by molar-refractivity contribution is 7.99. The Morgan fingerprint density at radius 1 is 1.41 bits per heavy atom. The van der Waals surface area contributed by atoms with E-state index in [9.17, 15) is 0 Å². The molecule has 116 valence electrons. The van der Waals surface area contributed by atoms with E-state index >= 15 is 0 Å². The molecule has 1 aliphatic heterocycles. The van der Waals surface area contributed by atoms with Crippen LogP contribution in [0.15, 0.2) is 60.1 Å². The molecule has 0 amide bonds. The Hall–Kier alpha value is -2.09. The number of aliphatic hydroxyl groups excluding tert-OH is 1. The highest BCUT2D eigenvalue weighted by atomic mass is 32.2. The molecule has 1 heterocycles. The van der Waals surface area contributed by atoms with Crippen molar-refractivity contribution in [1.82, 2.24) is 0 Å². The lowest BCUT2D eigenvalue weighted by molar-refractivity contribution is 0.281. The SMILES string of the molecule is C=CC.OC1C#CC=CC=C1.Oc1ccc2c(c1)SCCO2. The van der Waals surface area contributed by atoms with E-state index in [0.717, 1.165) is 23.0 Å². The Morgan fingerprint density at radius 2 is 2.18 bits per heavy atom. The van der Waals surface area contributed by atoms with Crippen LogP contribution in [-0.2, 0) is 0 Å². The molecule has 4 heteroatoms. The minimum atomic E-state index is -0.579. The maximum atomic E-state index is 9.12. The van der Waals surface area contributed by atoms with Crippen LogP contribution in [-0.4, -0.2) is 28.7 Å². The predicted octanol–water partition coefficient (Wildman–Crippen LogP) is 3.55. The van der Waals surface area contributed by atoms with Crippen LogP contribution in [0.25, 0.3) is 0 Å². The molecule has 3 rings (SSSR count). The molecule has 0 bridgehead atoms. The lowest BCUT2D eigenvalue weighted by Crippen LogP contribution is -2.05. The molecule has 1 unspecified atom stereocenters. The van der Waals surface area contributed by atoms with Crippen molar-refractivity contribution >= 4 is 11.8 Å². The van der Waals surface area contributed by atoms with Gasteiger partial charge in [0.1, 0.15) is 17.6 Å². The third-order valence-corrected chi connectivity index (χ3v) is 3.34. The molecule has 0 saturated carbocycles. The minimum Gasteiger partial charge on any atom is -0.508 e. The molecule has 1 atom stereocenters. The standard InChI is InChI=1S/C8H8O2S.C7H6O.C3H6/c9-6-1-2-7-8(5-6)11-4-3-10-7;8-7-5-3-1-2-4-6-7;1-3-2/h1-2,5,9H,3-4H2;1-3,5,7-8H;3H,1H2,2H3. The summed E-state index contributed by atoms with van der Waals surface area (Å²) in [6, 6.07) is 5.18. The first-order valence-corrected chi connectivity index (χ1v) is 7.84. The van der Waals surface area contributed by atoms with Gasteiger partial charge in [-0.3, -0.25) is 0 Å². The molecule has 0 saturated heterocycles. The smallest absolute Gasteiger partial charge is 0.134 e. The largest absolute Gasteiger partial charge is 0.508 e. The van der Waals surface area contributed by atoms with Gasteiger partial charge in [-0.25, -0.2) is 0 Å². The molecule has 3 nitrogen and oxygen atoms in total. The molecule has 1 aliphatic carbocycles. The zero-order chi connectivity index (χ0) is 16.2. The average molecular weight is 316 g/mol. The maximum Gasteiger partial charge on any atom is 0.134 e. The van der Waals surface area contributed by atoms with Crippen LogP contribution in [0.1, 0.15) is 6.92 Å². The van der Waals surface area contributed by atoms with Crippen LogP contribution < -0.4 is 4.74 Å². The maximum absolute atomic E-state index is 9.12. The van der Waals surface area contributed by atoms with Crippen molar-refractivity contribution < 1.29 is 14.9 Å². The van der Waals surface area contributed by atoms with E-state index in [0.29, 0.717) is 5.75 Å². The van der Waals surface area contributed by atoms with Crippen molar-refractivity contribution in [2.24, 2.45) is 0 Å². The van der Waals surface area contributed by atoms with E-state index in [1.807, 2.05) is 6.92 Å². The molecule has 1 aromatic rings. The second kappa shape index (κ2) is 10.6. The molecule has 0 aromatic heterocycles. The highest BCUT2D eigenvalue weighted by Crippen LogP contribution is 2.35. The first-order chi connectivity index (χ1) is 10.7. The lowest BCUT2D eigenvalue weighted by atomic mass is 10.3. The molecule has 22 heavy (non-hydrogen) atoms. The van der Waals surface area contributed by atoms with E-state index in [2.05, 4.69) is 18.4 Å². The number of ether oxygens (including phenoxy) is 1. The fourth-order valence-electron chi connectivity index (χ4n) is 1.49. The number of rotatable bonds is 0. The molecule has 0 radical (unpaired) electrons. The quantitative estimate of drug-likeness (QED) is 0.568. The van der Waals surface area contributed by atoms with Crippen molar-refractivity contribution in [3.05, 3.63) is 55.2 Å². The highest BCUT2D eigenvalue weighted by Gasteiger charge is 2.10. The topological polar surface area (TPSA) is 49.7 Å². The van der Waals surface area contributed by atoms with Crippen LogP contribution in [0.2, 0.25) is 0 Å². The van der Waals surface area contributed by atoms with E-state index in [4.69, 9.17) is 14.9 Å². The van der Waals surface area contributed by atoms with E-state index in [1.54, 1.807) is 60.3 Å². The first-order valence-electron chi connectivity index (χ1n) is 6.85.